The van der Waals surface area contributed by atoms with Gasteiger partial charge >= 0.3 is 6.03 Å². The van der Waals surface area contributed by atoms with Crippen molar-refractivity contribution in [3.05, 3.63) is 47.8 Å². The molecule has 0 radical (unpaired) electrons. The van der Waals surface area contributed by atoms with Gasteiger partial charge in [0.25, 0.3) is 0 Å². The number of hydrogen-bond donors (Lipinski definition) is 2. The molecular formula is C25H32F2N6O3Si. The summed E-state index contributed by atoms with van der Waals surface area (Å²) in [6.45, 7) is 8.50. The van der Waals surface area contributed by atoms with E-state index >= 15 is 0 Å². The van der Waals surface area contributed by atoms with Gasteiger partial charge in [-0.2, -0.15) is 5.26 Å². The maximum absolute atomic E-state index is 14.8. The summed E-state index contributed by atoms with van der Waals surface area (Å²) in [7, 11) is 2.46. The molecular weight excluding hydrogens is 498 g/mol. The van der Waals surface area contributed by atoms with Crippen LogP contribution in [0.15, 0.2) is 30.6 Å². The fourth-order valence-electron chi connectivity index (χ4n) is 3.40. The van der Waals surface area contributed by atoms with Crippen LogP contribution in [0.25, 0.3) is 11.0 Å². The van der Waals surface area contributed by atoms with E-state index in [1.54, 1.807) is 10.8 Å². The van der Waals surface area contributed by atoms with Crippen LogP contribution < -0.4 is 15.4 Å². The quantitative estimate of drug-likeness (QED) is 0.268. The van der Waals surface area contributed by atoms with Gasteiger partial charge in [-0.15, -0.1) is 0 Å². The Labute approximate surface area is 216 Å². The summed E-state index contributed by atoms with van der Waals surface area (Å²) >= 11 is 0. The summed E-state index contributed by atoms with van der Waals surface area (Å²) in [5.74, 6) is -2.61. The number of fused-ring (bicyclic) bond motifs is 1. The molecule has 0 fully saturated rings. The summed E-state index contributed by atoms with van der Waals surface area (Å²) in [5.41, 5.74) is 0.569. The van der Waals surface area contributed by atoms with E-state index in [2.05, 4.69) is 41.3 Å². The number of pyridine rings is 1. The summed E-state index contributed by atoms with van der Waals surface area (Å²) < 4.78 is 42.8. The first-order chi connectivity index (χ1) is 17.5. The number of amides is 2. The van der Waals surface area contributed by atoms with Crippen LogP contribution in [-0.4, -0.2) is 62.3 Å². The second-order valence-corrected chi connectivity index (χ2v) is 15.7. The Balaban J connectivity index is 1.79. The third kappa shape index (κ3) is 7.72. The standard InChI is InChI=1S/C25H32F2N6O3Si/c1-32(2)9-8-30-25(34)31-18-12-19(26)23(20(27)13-18)36-21-6-7-29-24-22(21)17(14-28)15-33(24)16-35-10-11-37(3,4)5/h6-7,12-13,15H,8-11,16H2,1-5H3,(H2,30,31,34). The van der Waals surface area contributed by atoms with Crippen LogP contribution in [0.2, 0.25) is 25.7 Å². The van der Waals surface area contributed by atoms with Crippen molar-refractivity contribution in [2.75, 3.05) is 39.1 Å². The largest absolute Gasteiger partial charge is 0.450 e. The number of hydrogen-bond acceptors (Lipinski definition) is 6. The second kappa shape index (κ2) is 12.1. The fourth-order valence-corrected chi connectivity index (χ4v) is 4.16. The number of carbonyl (C=O) groups is 1. The SMILES string of the molecule is CN(C)CCNC(=O)Nc1cc(F)c(Oc2ccnc3c2c(C#N)cn3COCC[Si](C)(C)C)c(F)c1. The van der Waals surface area contributed by atoms with Crippen molar-refractivity contribution in [3.8, 4) is 17.6 Å². The number of likely N-dealkylation sites (N-methyl/N-ethyl adjacent to an activating group) is 1. The first-order valence-corrected chi connectivity index (χ1v) is 15.5. The van der Waals surface area contributed by atoms with Crippen molar-refractivity contribution in [1.29, 1.82) is 5.26 Å². The van der Waals surface area contributed by atoms with Crippen molar-refractivity contribution >= 4 is 30.8 Å². The number of rotatable bonds is 11. The molecule has 0 saturated carbocycles. The summed E-state index contributed by atoms with van der Waals surface area (Å²) in [6.07, 6.45) is 3.01. The van der Waals surface area contributed by atoms with Crippen molar-refractivity contribution < 1.29 is 23.0 Å². The van der Waals surface area contributed by atoms with Crippen LogP contribution in [0, 0.1) is 23.0 Å². The lowest BCUT2D eigenvalue weighted by Gasteiger charge is -2.15. The van der Waals surface area contributed by atoms with Crippen molar-refractivity contribution in [1.82, 2.24) is 19.8 Å². The Hall–Kier alpha value is -3.53. The molecule has 9 nitrogen and oxygen atoms in total. The highest BCUT2D eigenvalue weighted by Crippen LogP contribution is 2.35. The van der Waals surface area contributed by atoms with E-state index in [1.807, 2.05) is 19.0 Å². The molecule has 3 rings (SSSR count). The fraction of sp³-hybridized carbons (Fsp3) is 0.400. The molecule has 0 saturated heterocycles. The van der Waals surface area contributed by atoms with Gasteiger partial charge in [0.1, 0.15) is 24.2 Å². The lowest BCUT2D eigenvalue weighted by atomic mass is 10.2. The van der Waals surface area contributed by atoms with Gasteiger partial charge in [-0.1, -0.05) is 19.6 Å². The number of anilines is 1. The monoisotopic (exact) mass is 530 g/mol. The summed E-state index contributed by atoms with van der Waals surface area (Å²) in [6, 6.07) is 5.84. The van der Waals surface area contributed by atoms with E-state index < -0.39 is 31.5 Å². The Bertz CT molecular complexity index is 1280. The number of benzene rings is 1. The first-order valence-electron chi connectivity index (χ1n) is 11.8. The van der Waals surface area contributed by atoms with Gasteiger partial charge in [0.15, 0.2) is 17.4 Å². The van der Waals surface area contributed by atoms with E-state index in [1.165, 1.54) is 12.3 Å². The molecule has 0 unspecified atom stereocenters. The zero-order chi connectivity index (χ0) is 27.2. The smallest absolute Gasteiger partial charge is 0.319 e. The van der Waals surface area contributed by atoms with Gasteiger partial charge in [-0.05, 0) is 26.2 Å². The summed E-state index contributed by atoms with van der Waals surface area (Å²) in [5, 5.41) is 15.0. The predicted octanol–water partition coefficient (Wildman–Crippen LogP) is 4.97. The normalized spacial score (nSPS) is 11.5. The Morgan fingerprint density at radius 3 is 2.57 bits per heavy atom. The third-order valence-electron chi connectivity index (χ3n) is 5.38. The highest BCUT2D eigenvalue weighted by atomic mass is 28.3. The second-order valence-electron chi connectivity index (χ2n) is 10.0. The minimum Gasteiger partial charge on any atom is -0.450 e. The van der Waals surface area contributed by atoms with Crippen LogP contribution >= 0.6 is 0 Å². The minimum absolute atomic E-state index is 0.0658. The van der Waals surface area contributed by atoms with E-state index in [4.69, 9.17) is 9.47 Å². The molecule has 2 heterocycles. The van der Waals surface area contributed by atoms with E-state index in [0.717, 1.165) is 18.2 Å². The molecule has 0 aliphatic rings. The Morgan fingerprint density at radius 1 is 1.24 bits per heavy atom. The zero-order valence-corrected chi connectivity index (χ0v) is 22.7. The van der Waals surface area contributed by atoms with Gasteiger partial charge in [-0.3, -0.25) is 0 Å². The number of nitrogens with one attached hydrogen (secondary N) is 2. The molecule has 0 aliphatic heterocycles. The average molecular weight is 531 g/mol. The topological polar surface area (TPSA) is 104 Å². The van der Waals surface area contributed by atoms with E-state index in [-0.39, 0.29) is 23.7 Å². The first kappa shape index (κ1) is 28.0. The number of aromatic nitrogens is 2. The Morgan fingerprint density at radius 2 is 1.95 bits per heavy atom. The molecule has 0 spiro atoms. The van der Waals surface area contributed by atoms with Gasteiger partial charge in [0.2, 0.25) is 0 Å². The van der Waals surface area contributed by atoms with Crippen molar-refractivity contribution in [2.45, 2.75) is 32.4 Å². The number of carbonyl (C=O) groups excluding carboxylic acids is 1. The maximum Gasteiger partial charge on any atom is 0.319 e. The zero-order valence-electron chi connectivity index (χ0n) is 21.7. The van der Waals surface area contributed by atoms with E-state index in [9.17, 15) is 18.8 Å². The highest BCUT2D eigenvalue weighted by Gasteiger charge is 2.20. The van der Waals surface area contributed by atoms with Crippen molar-refractivity contribution in [2.24, 2.45) is 0 Å². The molecule has 198 valence electrons. The van der Waals surface area contributed by atoms with Gasteiger partial charge in [0.05, 0.1) is 10.9 Å². The van der Waals surface area contributed by atoms with Crippen LogP contribution in [0.4, 0.5) is 19.3 Å². The lowest BCUT2D eigenvalue weighted by Crippen LogP contribution is -2.34. The van der Waals surface area contributed by atoms with Gasteiger partial charge in [0, 0.05) is 58.0 Å². The maximum atomic E-state index is 14.8. The molecule has 1 aromatic carbocycles. The van der Waals surface area contributed by atoms with E-state index in [0.29, 0.717) is 30.7 Å². The molecule has 0 aliphatic carbocycles. The van der Waals surface area contributed by atoms with Crippen LogP contribution in [0.3, 0.4) is 0 Å². The molecule has 0 atom stereocenters. The Kier molecular flexibility index (Phi) is 9.20. The minimum atomic E-state index is -1.26. The molecule has 2 N–H and O–H groups in total. The molecule has 2 amide bonds. The number of ether oxygens (including phenoxy) is 2. The van der Waals surface area contributed by atoms with Gasteiger partial charge < -0.3 is 29.6 Å². The molecule has 0 bridgehead atoms. The number of nitrogens with zero attached hydrogens (tertiary/aromatic N) is 4. The van der Waals surface area contributed by atoms with Crippen LogP contribution in [0.5, 0.6) is 11.5 Å². The van der Waals surface area contributed by atoms with Crippen molar-refractivity contribution in [3.63, 3.8) is 0 Å². The summed E-state index contributed by atoms with van der Waals surface area (Å²) in [4.78, 5) is 18.2. The number of nitriles is 1. The van der Waals surface area contributed by atoms with Gasteiger partial charge in [-0.25, -0.2) is 18.6 Å². The molecule has 37 heavy (non-hydrogen) atoms. The van der Waals surface area contributed by atoms with Crippen LogP contribution in [0.1, 0.15) is 5.56 Å². The van der Waals surface area contributed by atoms with Crippen LogP contribution in [-0.2, 0) is 11.5 Å². The molecule has 2 aromatic heterocycles. The molecule has 12 heteroatoms. The lowest BCUT2D eigenvalue weighted by molar-refractivity contribution is 0.0898. The average Bonchev–Trinajstić information content (AvgIpc) is 3.17. The number of urea groups is 1. The highest BCUT2D eigenvalue weighted by molar-refractivity contribution is 6.76. The predicted molar refractivity (Wildman–Crippen MR) is 141 cm³/mol. The number of halogens is 2. The third-order valence-corrected chi connectivity index (χ3v) is 7.08. The molecule has 3 aromatic rings.